The van der Waals surface area contributed by atoms with Crippen LogP contribution in [0.15, 0.2) is 29.2 Å². The summed E-state index contributed by atoms with van der Waals surface area (Å²) in [7, 11) is 0. The first-order valence-corrected chi connectivity index (χ1v) is 4.93. The Kier molecular flexibility index (Phi) is 3.44. The molecule has 1 unspecified atom stereocenters. The number of benzene rings is 1. The average Bonchev–Trinajstić information content (AvgIpc) is 2.06. The van der Waals surface area contributed by atoms with Crippen LogP contribution in [0.1, 0.15) is 12.5 Å². The molecule has 66 valence electrons. The molecule has 0 N–H and O–H groups in total. The van der Waals surface area contributed by atoms with Gasteiger partial charge in [0.2, 0.25) is 0 Å². The lowest BCUT2D eigenvalue weighted by Gasteiger charge is -2.00. The Hall–Kier alpha value is -0.670. The van der Waals surface area contributed by atoms with Gasteiger partial charge in [0.25, 0.3) is 0 Å². The zero-order valence-corrected chi connectivity index (χ0v) is 8.06. The van der Waals surface area contributed by atoms with E-state index in [4.69, 9.17) is 4.18 Å². The fraction of sp³-hybridized carbons (Fsp3) is 0.333. The lowest BCUT2D eigenvalue weighted by Crippen LogP contribution is -1.96. The number of hydrogen-bond acceptors (Lipinski definition) is 2. The largest absolute Gasteiger partial charge is 0.287 e. The molecule has 2 nitrogen and oxygen atoms in total. The highest BCUT2D eigenvalue weighted by molar-refractivity contribution is 7.80. The summed E-state index contributed by atoms with van der Waals surface area (Å²) >= 11 is -1.29. The SMILES string of the molecule is CCOS(=O)c1ccc(C)cc1. The highest BCUT2D eigenvalue weighted by Crippen LogP contribution is 2.08. The van der Waals surface area contributed by atoms with Crippen LogP contribution in [-0.2, 0) is 15.3 Å². The molecule has 1 atom stereocenters. The monoisotopic (exact) mass is 184 g/mol. The predicted molar refractivity (Wildman–Crippen MR) is 49.2 cm³/mol. The molecular weight excluding hydrogens is 172 g/mol. The molecule has 0 fully saturated rings. The van der Waals surface area contributed by atoms with Crippen LogP contribution in [0, 0.1) is 6.92 Å². The molecule has 0 aliphatic rings. The first kappa shape index (κ1) is 9.42. The summed E-state index contributed by atoms with van der Waals surface area (Å²) in [6, 6.07) is 7.49. The molecule has 1 rings (SSSR count). The van der Waals surface area contributed by atoms with Crippen molar-refractivity contribution < 1.29 is 8.39 Å². The average molecular weight is 184 g/mol. The van der Waals surface area contributed by atoms with E-state index in [0.29, 0.717) is 6.61 Å². The van der Waals surface area contributed by atoms with E-state index in [0.717, 1.165) is 10.5 Å². The number of rotatable bonds is 3. The fourth-order valence-corrected chi connectivity index (χ4v) is 1.53. The maximum atomic E-state index is 11.2. The van der Waals surface area contributed by atoms with Crippen molar-refractivity contribution >= 4 is 11.1 Å². The number of aryl methyl sites for hydroxylation is 1. The summed E-state index contributed by atoms with van der Waals surface area (Å²) < 4.78 is 16.2. The number of hydrogen-bond donors (Lipinski definition) is 0. The second-order valence-electron chi connectivity index (χ2n) is 2.45. The maximum absolute atomic E-state index is 11.2. The smallest absolute Gasteiger partial charge is 0.189 e. The van der Waals surface area contributed by atoms with Gasteiger partial charge in [-0.25, -0.2) is 4.21 Å². The van der Waals surface area contributed by atoms with Gasteiger partial charge in [-0.1, -0.05) is 17.7 Å². The minimum atomic E-state index is -1.29. The van der Waals surface area contributed by atoms with Crippen LogP contribution in [0.2, 0.25) is 0 Å². The molecule has 0 spiro atoms. The Morgan fingerprint density at radius 1 is 1.33 bits per heavy atom. The highest BCUT2D eigenvalue weighted by atomic mass is 32.2. The van der Waals surface area contributed by atoms with E-state index in [9.17, 15) is 4.21 Å². The first-order chi connectivity index (χ1) is 5.74. The molecule has 0 aliphatic heterocycles. The second-order valence-corrected chi connectivity index (χ2v) is 3.63. The summed E-state index contributed by atoms with van der Waals surface area (Å²) in [5.74, 6) is 0. The van der Waals surface area contributed by atoms with Gasteiger partial charge < -0.3 is 0 Å². The van der Waals surface area contributed by atoms with Crippen LogP contribution in [0.5, 0.6) is 0 Å². The van der Waals surface area contributed by atoms with E-state index >= 15 is 0 Å². The van der Waals surface area contributed by atoms with Crippen LogP contribution in [0.25, 0.3) is 0 Å². The minimum absolute atomic E-state index is 0.473. The van der Waals surface area contributed by atoms with Gasteiger partial charge in [0.1, 0.15) is 0 Å². The van der Waals surface area contributed by atoms with Crippen molar-refractivity contribution in [3.8, 4) is 0 Å². The molecule has 3 heteroatoms. The van der Waals surface area contributed by atoms with Crippen molar-refractivity contribution in [1.29, 1.82) is 0 Å². The van der Waals surface area contributed by atoms with Gasteiger partial charge in [-0.2, -0.15) is 0 Å². The molecule has 1 aromatic rings. The van der Waals surface area contributed by atoms with E-state index in [2.05, 4.69) is 0 Å². The lowest BCUT2D eigenvalue weighted by molar-refractivity contribution is 0.371. The molecule has 0 saturated heterocycles. The molecule has 0 aromatic heterocycles. The van der Waals surface area contributed by atoms with Crippen molar-refractivity contribution in [2.45, 2.75) is 18.7 Å². The highest BCUT2D eigenvalue weighted by Gasteiger charge is 2.01. The van der Waals surface area contributed by atoms with Gasteiger partial charge in [-0.3, -0.25) is 4.18 Å². The van der Waals surface area contributed by atoms with Crippen LogP contribution in [-0.4, -0.2) is 10.8 Å². The van der Waals surface area contributed by atoms with Gasteiger partial charge in [0.05, 0.1) is 11.5 Å². The molecule has 0 aliphatic carbocycles. The molecule has 12 heavy (non-hydrogen) atoms. The van der Waals surface area contributed by atoms with Crippen molar-refractivity contribution in [2.75, 3.05) is 6.61 Å². The van der Waals surface area contributed by atoms with Crippen molar-refractivity contribution in [1.82, 2.24) is 0 Å². The van der Waals surface area contributed by atoms with Gasteiger partial charge in [-0.15, -0.1) is 0 Å². The maximum Gasteiger partial charge on any atom is 0.189 e. The summed E-state index contributed by atoms with van der Waals surface area (Å²) in [5, 5.41) is 0. The minimum Gasteiger partial charge on any atom is -0.287 e. The molecule has 0 heterocycles. The summed E-state index contributed by atoms with van der Waals surface area (Å²) in [5.41, 5.74) is 1.16. The van der Waals surface area contributed by atoms with Crippen molar-refractivity contribution in [3.05, 3.63) is 29.8 Å². The van der Waals surface area contributed by atoms with Crippen LogP contribution in [0.4, 0.5) is 0 Å². The van der Waals surface area contributed by atoms with Crippen LogP contribution < -0.4 is 0 Å². The lowest BCUT2D eigenvalue weighted by atomic mass is 10.2. The Morgan fingerprint density at radius 3 is 2.42 bits per heavy atom. The Morgan fingerprint density at radius 2 is 1.92 bits per heavy atom. The zero-order valence-electron chi connectivity index (χ0n) is 7.24. The fourth-order valence-electron chi connectivity index (χ4n) is 0.824. The standard InChI is InChI=1S/C9H12O2S/c1-3-11-12(10)9-6-4-8(2)5-7-9/h4-7H,3H2,1-2H3. The van der Waals surface area contributed by atoms with E-state index in [1.54, 1.807) is 0 Å². The van der Waals surface area contributed by atoms with E-state index in [1.165, 1.54) is 0 Å². The first-order valence-electron chi connectivity index (χ1n) is 3.85. The molecule has 1 aromatic carbocycles. The van der Waals surface area contributed by atoms with Crippen LogP contribution >= 0.6 is 0 Å². The Labute approximate surface area is 75.2 Å². The molecule has 0 saturated carbocycles. The normalized spacial score (nSPS) is 12.8. The van der Waals surface area contributed by atoms with Crippen LogP contribution in [0.3, 0.4) is 0 Å². The summed E-state index contributed by atoms with van der Waals surface area (Å²) in [6.07, 6.45) is 0. The van der Waals surface area contributed by atoms with E-state index in [-0.39, 0.29) is 0 Å². The van der Waals surface area contributed by atoms with E-state index < -0.39 is 11.1 Å². The Balaban J connectivity index is 2.75. The van der Waals surface area contributed by atoms with Gasteiger partial charge >= 0.3 is 0 Å². The topological polar surface area (TPSA) is 26.3 Å². The molecule has 0 bridgehead atoms. The summed E-state index contributed by atoms with van der Waals surface area (Å²) in [6.45, 7) is 4.29. The molecule has 0 amide bonds. The third-order valence-electron chi connectivity index (χ3n) is 1.44. The van der Waals surface area contributed by atoms with Gasteiger partial charge in [-0.05, 0) is 26.0 Å². The molecule has 0 radical (unpaired) electrons. The van der Waals surface area contributed by atoms with Gasteiger partial charge in [0, 0.05) is 0 Å². The zero-order chi connectivity index (χ0) is 8.97. The Bertz CT molecular complexity index is 266. The third-order valence-corrected chi connectivity index (χ3v) is 2.55. The summed E-state index contributed by atoms with van der Waals surface area (Å²) in [4.78, 5) is 0.724. The van der Waals surface area contributed by atoms with Crippen molar-refractivity contribution in [2.24, 2.45) is 0 Å². The van der Waals surface area contributed by atoms with Gasteiger partial charge in [0.15, 0.2) is 11.1 Å². The second kappa shape index (κ2) is 4.38. The van der Waals surface area contributed by atoms with Crippen molar-refractivity contribution in [3.63, 3.8) is 0 Å². The quantitative estimate of drug-likeness (QED) is 0.718. The molecular formula is C9H12O2S. The predicted octanol–water partition coefficient (Wildman–Crippen LogP) is 2.05. The van der Waals surface area contributed by atoms with E-state index in [1.807, 2.05) is 38.1 Å². The third kappa shape index (κ3) is 2.43.